The molecule has 0 saturated carbocycles. The largest absolute Gasteiger partial charge is 0.459 e. The van der Waals surface area contributed by atoms with Crippen molar-refractivity contribution in [3.8, 4) is 0 Å². The first-order valence-electron chi connectivity index (χ1n) is 8.67. The number of esters is 2. The maximum Gasteiger partial charge on any atom is 0.306 e. The summed E-state index contributed by atoms with van der Waals surface area (Å²) in [6.07, 6.45) is 5.34. The highest BCUT2D eigenvalue weighted by atomic mass is 16.6. The van der Waals surface area contributed by atoms with Gasteiger partial charge in [0.05, 0.1) is 12.8 Å². The first kappa shape index (κ1) is 20.9. The van der Waals surface area contributed by atoms with E-state index in [-0.39, 0.29) is 24.8 Å². The van der Waals surface area contributed by atoms with Crippen LogP contribution in [0.1, 0.15) is 92.9 Å². The van der Waals surface area contributed by atoms with Crippen LogP contribution < -0.4 is 0 Å². The monoisotopic (exact) mass is 314 g/mol. The van der Waals surface area contributed by atoms with Gasteiger partial charge in [-0.05, 0) is 39.5 Å². The fourth-order valence-electron chi connectivity index (χ4n) is 2.51. The van der Waals surface area contributed by atoms with Gasteiger partial charge >= 0.3 is 11.9 Å². The van der Waals surface area contributed by atoms with Crippen LogP contribution in [-0.2, 0) is 19.1 Å². The van der Waals surface area contributed by atoms with E-state index in [0.29, 0.717) is 0 Å². The van der Waals surface area contributed by atoms with Crippen LogP contribution in [0.4, 0.5) is 0 Å². The lowest BCUT2D eigenvalue weighted by molar-refractivity contribution is -0.166. The molecular formula is C18H34O4. The van der Waals surface area contributed by atoms with Crippen molar-refractivity contribution in [2.45, 2.75) is 104 Å². The molecule has 0 fully saturated rings. The predicted molar refractivity (Wildman–Crippen MR) is 88.6 cm³/mol. The summed E-state index contributed by atoms with van der Waals surface area (Å²) >= 11 is 0. The Morgan fingerprint density at radius 3 is 1.27 bits per heavy atom. The minimum absolute atomic E-state index is 0.0874. The van der Waals surface area contributed by atoms with Crippen LogP contribution in [0, 0.1) is 0 Å². The standard InChI is InChI=1S/C18H34O4/c1-7-13-17(5,9-3)21-15(19)11-12-16(20)22-18(6,10-4)14-8-2/h7-14H2,1-6H3. The summed E-state index contributed by atoms with van der Waals surface area (Å²) in [7, 11) is 0. The number of hydrogen-bond acceptors (Lipinski definition) is 4. The van der Waals surface area contributed by atoms with Crippen molar-refractivity contribution in [1.29, 1.82) is 0 Å². The Morgan fingerprint density at radius 1 is 0.727 bits per heavy atom. The molecule has 0 radical (unpaired) electrons. The van der Waals surface area contributed by atoms with Crippen LogP contribution in [-0.4, -0.2) is 23.1 Å². The summed E-state index contributed by atoms with van der Waals surface area (Å²) < 4.78 is 11.1. The van der Waals surface area contributed by atoms with Crippen LogP contribution in [0.2, 0.25) is 0 Å². The van der Waals surface area contributed by atoms with Crippen LogP contribution in [0.15, 0.2) is 0 Å². The van der Waals surface area contributed by atoms with E-state index in [1.807, 2.05) is 27.7 Å². The minimum Gasteiger partial charge on any atom is -0.459 e. The SMILES string of the molecule is CCCC(C)(CC)OC(=O)CCC(=O)OC(C)(CC)CCC. The number of ether oxygens (including phenoxy) is 2. The topological polar surface area (TPSA) is 52.6 Å². The van der Waals surface area contributed by atoms with Crippen molar-refractivity contribution < 1.29 is 19.1 Å². The van der Waals surface area contributed by atoms with Crippen molar-refractivity contribution in [3.05, 3.63) is 0 Å². The highest BCUT2D eigenvalue weighted by Crippen LogP contribution is 2.24. The molecule has 2 unspecified atom stereocenters. The van der Waals surface area contributed by atoms with E-state index in [4.69, 9.17) is 9.47 Å². The maximum absolute atomic E-state index is 11.9. The van der Waals surface area contributed by atoms with E-state index in [1.165, 1.54) is 0 Å². The number of hydrogen-bond donors (Lipinski definition) is 0. The van der Waals surface area contributed by atoms with Gasteiger partial charge in [-0.3, -0.25) is 9.59 Å². The average Bonchev–Trinajstić information content (AvgIpc) is 2.45. The summed E-state index contributed by atoms with van der Waals surface area (Å²) in [5.74, 6) is -0.633. The van der Waals surface area contributed by atoms with Gasteiger partial charge in [0.25, 0.3) is 0 Å². The second-order valence-electron chi connectivity index (χ2n) is 6.56. The highest BCUT2D eigenvalue weighted by molar-refractivity contribution is 5.78. The lowest BCUT2D eigenvalue weighted by atomic mass is 9.97. The van der Waals surface area contributed by atoms with Gasteiger partial charge in [0.1, 0.15) is 11.2 Å². The second-order valence-corrected chi connectivity index (χ2v) is 6.56. The maximum atomic E-state index is 11.9. The van der Waals surface area contributed by atoms with Crippen LogP contribution in [0.3, 0.4) is 0 Å². The predicted octanol–water partition coefficient (Wildman–Crippen LogP) is 4.79. The lowest BCUT2D eigenvalue weighted by Crippen LogP contribution is -2.32. The van der Waals surface area contributed by atoms with E-state index in [1.54, 1.807) is 0 Å². The normalized spacial score (nSPS) is 16.5. The molecule has 22 heavy (non-hydrogen) atoms. The van der Waals surface area contributed by atoms with Crippen molar-refractivity contribution >= 4 is 11.9 Å². The van der Waals surface area contributed by atoms with Gasteiger partial charge in [0.2, 0.25) is 0 Å². The van der Waals surface area contributed by atoms with Gasteiger partial charge in [-0.25, -0.2) is 0 Å². The van der Waals surface area contributed by atoms with Crippen LogP contribution in [0.25, 0.3) is 0 Å². The zero-order valence-corrected chi connectivity index (χ0v) is 15.3. The Balaban J connectivity index is 4.32. The highest BCUT2D eigenvalue weighted by Gasteiger charge is 2.28. The molecular weight excluding hydrogens is 280 g/mol. The fraction of sp³-hybridized carbons (Fsp3) is 0.889. The Hall–Kier alpha value is -1.06. The second kappa shape index (κ2) is 9.86. The molecule has 4 nitrogen and oxygen atoms in total. The average molecular weight is 314 g/mol. The minimum atomic E-state index is -0.421. The third-order valence-corrected chi connectivity index (χ3v) is 4.31. The molecule has 0 heterocycles. The fourth-order valence-corrected chi connectivity index (χ4v) is 2.51. The molecule has 0 spiro atoms. The van der Waals surface area contributed by atoms with E-state index in [2.05, 4.69) is 13.8 Å². The van der Waals surface area contributed by atoms with E-state index >= 15 is 0 Å². The Bertz CT molecular complexity index is 319. The molecule has 0 aromatic carbocycles. The summed E-state index contributed by atoms with van der Waals surface area (Å²) in [5.41, 5.74) is -0.842. The summed E-state index contributed by atoms with van der Waals surface area (Å²) in [6.45, 7) is 12.0. The molecule has 0 aromatic rings. The van der Waals surface area contributed by atoms with E-state index in [9.17, 15) is 9.59 Å². The summed E-state index contributed by atoms with van der Waals surface area (Å²) in [5, 5.41) is 0. The van der Waals surface area contributed by atoms with Crippen LogP contribution in [0.5, 0.6) is 0 Å². The van der Waals surface area contributed by atoms with Crippen molar-refractivity contribution in [2.75, 3.05) is 0 Å². The lowest BCUT2D eigenvalue weighted by Gasteiger charge is -2.29. The Morgan fingerprint density at radius 2 is 1.05 bits per heavy atom. The quantitative estimate of drug-likeness (QED) is 0.514. The van der Waals surface area contributed by atoms with Crippen molar-refractivity contribution in [2.24, 2.45) is 0 Å². The molecule has 0 aliphatic heterocycles. The van der Waals surface area contributed by atoms with Gasteiger partial charge in [0, 0.05) is 0 Å². The smallest absolute Gasteiger partial charge is 0.306 e. The molecule has 4 heteroatoms. The number of carbonyl (C=O) groups excluding carboxylic acids is 2. The zero-order valence-electron chi connectivity index (χ0n) is 15.3. The number of rotatable bonds is 11. The van der Waals surface area contributed by atoms with Crippen molar-refractivity contribution in [3.63, 3.8) is 0 Å². The first-order valence-corrected chi connectivity index (χ1v) is 8.67. The molecule has 0 saturated heterocycles. The molecule has 0 amide bonds. The van der Waals surface area contributed by atoms with Gasteiger partial charge in [-0.2, -0.15) is 0 Å². The Labute approximate surface area is 135 Å². The van der Waals surface area contributed by atoms with Crippen molar-refractivity contribution in [1.82, 2.24) is 0 Å². The summed E-state index contributed by atoms with van der Waals surface area (Å²) in [6, 6.07) is 0. The molecule has 130 valence electrons. The number of carbonyl (C=O) groups is 2. The third kappa shape index (κ3) is 7.81. The van der Waals surface area contributed by atoms with Gasteiger partial charge in [-0.15, -0.1) is 0 Å². The van der Waals surface area contributed by atoms with E-state index < -0.39 is 11.2 Å². The molecule has 0 aliphatic rings. The Kier molecular flexibility index (Phi) is 9.38. The molecule has 0 rings (SSSR count). The van der Waals surface area contributed by atoms with Gasteiger partial charge < -0.3 is 9.47 Å². The third-order valence-electron chi connectivity index (χ3n) is 4.31. The molecule has 0 aliphatic carbocycles. The molecule has 0 aromatic heterocycles. The molecule has 2 atom stereocenters. The van der Waals surface area contributed by atoms with E-state index in [0.717, 1.165) is 38.5 Å². The van der Waals surface area contributed by atoms with Gasteiger partial charge in [-0.1, -0.05) is 40.5 Å². The molecule has 0 bridgehead atoms. The molecule has 0 N–H and O–H groups in total. The van der Waals surface area contributed by atoms with Gasteiger partial charge in [0.15, 0.2) is 0 Å². The first-order chi connectivity index (χ1) is 10.2. The summed E-state index contributed by atoms with van der Waals surface area (Å²) in [4.78, 5) is 23.9. The zero-order chi connectivity index (χ0) is 17.2. The van der Waals surface area contributed by atoms with Crippen LogP contribution >= 0.6 is 0 Å².